The van der Waals surface area contributed by atoms with E-state index < -0.39 is 0 Å². The number of rotatable bonds is 2. The van der Waals surface area contributed by atoms with Crippen molar-refractivity contribution in [3.63, 3.8) is 0 Å². The standard InChI is InChI=1S/C11H17N3O/c1-2-13-6-3-4-10(13)11(15)14-7-5-9(12)8-14/h3-4,6,9H,2,5,7-8,12H2,1H3/t9-/m1/s1. The van der Waals surface area contributed by atoms with Crippen molar-refractivity contribution in [2.24, 2.45) is 5.73 Å². The summed E-state index contributed by atoms with van der Waals surface area (Å²) in [7, 11) is 0. The molecule has 1 fully saturated rings. The first kappa shape index (κ1) is 10.2. The molecule has 0 aliphatic carbocycles. The Balaban J connectivity index is 2.14. The van der Waals surface area contributed by atoms with Crippen LogP contribution in [0, 0.1) is 0 Å². The summed E-state index contributed by atoms with van der Waals surface area (Å²) in [6, 6.07) is 3.93. The molecule has 1 amide bonds. The number of nitrogens with zero attached hydrogens (tertiary/aromatic N) is 2. The van der Waals surface area contributed by atoms with Gasteiger partial charge in [0.15, 0.2) is 0 Å². The Hall–Kier alpha value is -1.29. The van der Waals surface area contributed by atoms with Gasteiger partial charge in [0, 0.05) is 31.9 Å². The van der Waals surface area contributed by atoms with Gasteiger partial charge in [0.05, 0.1) is 0 Å². The third kappa shape index (κ3) is 1.90. The van der Waals surface area contributed by atoms with E-state index in [1.165, 1.54) is 0 Å². The van der Waals surface area contributed by atoms with E-state index in [9.17, 15) is 4.79 Å². The molecule has 2 rings (SSSR count). The minimum Gasteiger partial charge on any atom is -0.344 e. The van der Waals surface area contributed by atoms with Gasteiger partial charge >= 0.3 is 0 Å². The quantitative estimate of drug-likeness (QED) is 0.775. The van der Waals surface area contributed by atoms with Gasteiger partial charge in [-0.15, -0.1) is 0 Å². The summed E-state index contributed by atoms with van der Waals surface area (Å²) in [6.45, 7) is 4.34. The van der Waals surface area contributed by atoms with E-state index in [0.29, 0.717) is 6.54 Å². The Labute approximate surface area is 89.7 Å². The molecule has 15 heavy (non-hydrogen) atoms. The molecule has 1 aromatic rings. The first-order chi connectivity index (χ1) is 7.22. The van der Waals surface area contributed by atoms with Gasteiger partial charge < -0.3 is 15.2 Å². The molecule has 1 saturated heterocycles. The summed E-state index contributed by atoms with van der Waals surface area (Å²) < 4.78 is 1.96. The molecule has 0 saturated carbocycles. The number of amides is 1. The van der Waals surface area contributed by atoms with Crippen LogP contribution in [0.3, 0.4) is 0 Å². The first-order valence-electron chi connectivity index (χ1n) is 5.42. The van der Waals surface area contributed by atoms with Crippen LogP contribution in [-0.4, -0.2) is 34.5 Å². The van der Waals surface area contributed by atoms with E-state index in [1.54, 1.807) is 0 Å². The molecular weight excluding hydrogens is 190 g/mol. The third-order valence-electron chi connectivity index (χ3n) is 2.90. The molecule has 0 aromatic carbocycles. The molecule has 0 unspecified atom stereocenters. The van der Waals surface area contributed by atoms with Crippen LogP contribution in [-0.2, 0) is 6.54 Å². The van der Waals surface area contributed by atoms with Gasteiger partial charge in [0.1, 0.15) is 5.69 Å². The van der Waals surface area contributed by atoms with Crippen LogP contribution in [0.5, 0.6) is 0 Å². The summed E-state index contributed by atoms with van der Waals surface area (Å²) in [5, 5.41) is 0. The lowest BCUT2D eigenvalue weighted by molar-refractivity contribution is 0.0780. The Morgan fingerprint density at radius 2 is 2.47 bits per heavy atom. The lowest BCUT2D eigenvalue weighted by Crippen LogP contribution is -2.33. The zero-order valence-electron chi connectivity index (χ0n) is 9.02. The minimum atomic E-state index is 0.106. The van der Waals surface area contributed by atoms with Gasteiger partial charge in [-0.25, -0.2) is 0 Å². The number of carbonyl (C=O) groups is 1. The van der Waals surface area contributed by atoms with E-state index in [1.807, 2.05) is 34.7 Å². The maximum Gasteiger partial charge on any atom is 0.270 e. The van der Waals surface area contributed by atoms with Crippen LogP contribution in [0.15, 0.2) is 18.3 Å². The van der Waals surface area contributed by atoms with Gasteiger partial charge in [-0.3, -0.25) is 4.79 Å². The highest BCUT2D eigenvalue weighted by Crippen LogP contribution is 2.13. The van der Waals surface area contributed by atoms with E-state index in [2.05, 4.69) is 0 Å². The second-order valence-corrected chi connectivity index (χ2v) is 3.98. The maximum atomic E-state index is 12.1. The Kier molecular flexibility index (Phi) is 2.77. The molecule has 0 spiro atoms. The number of aryl methyl sites for hydroxylation is 1. The van der Waals surface area contributed by atoms with Gasteiger partial charge in [0.25, 0.3) is 5.91 Å². The van der Waals surface area contributed by atoms with Crippen molar-refractivity contribution in [1.29, 1.82) is 0 Å². The highest BCUT2D eigenvalue weighted by atomic mass is 16.2. The summed E-state index contributed by atoms with van der Waals surface area (Å²) >= 11 is 0. The third-order valence-corrected chi connectivity index (χ3v) is 2.90. The molecule has 0 bridgehead atoms. The summed E-state index contributed by atoms with van der Waals surface area (Å²) in [6.07, 6.45) is 2.85. The Morgan fingerprint density at radius 1 is 1.67 bits per heavy atom. The average Bonchev–Trinajstić information content (AvgIpc) is 2.84. The van der Waals surface area contributed by atoms with E-state index >= 15 is 0 Å². The normalized spacial score (nSPS) is 20.9. The fourth-order valence-corrected chi connectivity index (χ4v) is 2.02. The topological polar surface area (TPSA) is 51.3 Å². The van der Waals surface area contributed by atoms with Crippen molar-refractivity contribution in [2.75, 3.05) is 13.1 Å². The van der Waals surface area contributed by atoms with Crippen LogP contribution in [0.1, 0.15) is 23.8 Å². The van der Waals surface area contributed by atoms with Crippen LogP contribution in [0.25, 0.3) is 0 Å². The number of hydrogen-bond acceptors (Lipinski definition) is 2. The van der Waals surface area contributed by atoms with E-state index in [0.717, 1.165) is 25.2 Å². The van der Waals surface area contributed by atoms with Gasteiger partial charge in [-0.1, -0.05) is 0 Å². The number of hydrogen-bond donors (Lipinski definition) is 1. The summed E-state index contributed by atoms with van der Waals surface area (Å²) in [4.78, 5) is 13.9. The molecule has 1 aliphatic heterocycles. The molecule has 4 heteroatoms. The minimum absolute atomic E-state index is 0.106. The van der Waals surface area contributed by atoms with Crippen molar-refractivity contribution in [3.05, 3.63) is 24.0 Å². The molecule has 2 heterocycles. The summed E-state index contributed by atoms with van der Waals surface area (Å²) in [5.41, 5.74) is 6.56. The van der Waals surface area contributed by atoms with Crippen LogP contribution in [0.4, 0.5) is 0 Å². The number of likely N-dealkylation sites (tertiary alicyclic amines) is 1. The zero-order chi connectivity index (χ0) is 10.8. The van der Waals surface area contributed by atoms with Gasteiger partial charge in [-0.2, -0.15) is 0 Å². The van der Waals surface area contributed by atoms with E-state index in [-0.39, 0.29) is 11.9 Å². The van der Waals surface area contributed by atoms with Crippen molar-refractivity contribution in [3.8, 4) is 0 Å². The lowest BCUT2D eigenvalue weighted by atomic mass is 10.3. The number of aromatic nitrogens is 1. The van der Waals surface area contributed by atoms with Crippen molar-refractivity contribution >= 4 is 5.91 Å². The highest BCUT2D eigenvalue weighted by Gasteiger charge is 2.25. The Morgan fingerprint density at radius 3 is 3.07 bits per heavy atom. The largest absolute Gasteiger partial charge is 0.344 e. The predicted octanol–water partition coefficient (Wildman–Crippen LogP) is 0.681. The summed E-state index contributed by atoms with van der Waals surface area (Å²) in [5.74, 6) is 0.106. The van der Waals surface area contributed by atoms with Crippen LogP contribution in [0.2, 0.25) is 0 Å². The lowest BCUT2D eigenvalue weighted by Gasteiger charge is -2.16. The van der Waals surface area contributed by atoms with Crippen molar-refractivity contribution in [2.45, 2.75) is 25.9 Å². The molecule has 1 atom stereocenters. The molecule has 1 aromatic heterocycles. The van der Waals surface area contributed by atoms with Crippen LogP contribution >= 0.6 is 0 Å². The average molecular weight is 207 g/mol. The second kappa shape index (κ2) is 4.06. The van der Waals surface area contributed by atoms with Crippen molar-refractivity contribution < 1.29 is 4.79 Å². The molecular formula is C11H17N3O. The fraction of sp³-hybridized carbons (Fsp3) is 0.545. The molecule has 82 valence electrons. The fourth-order valence-electron chi connectivity index (χ4n) is 2.02. The number of carbonyl (C=O) groups excluding carboxylic acids is 1. The second-order valence-electron chi connectivity index (χ2n) is 3.98. The smallest absolute Gasteiger partial charge is 0.270 e. The Bertz CT molecular complexity index is 358. The maximum absolute atomic E-state index is 12.1. The molecule has 4 nitrogen and oxygen atoms in total. The van der Waals surface area contributed by atoms with Crippen molar-refractivity contribution in [1.82, 2.24) is 9.47 Å². The van der Waals surface area contributed by atoms with Crippen LogP contribution < -0.4 is 5.73 Å². The number of nitrogens with two attached hydrogens (primary N) is 1. The molecule has 1 aliphatic rings. The first-order valence-corrected chi connectivity index (χ1v) is 5.42. The van der Waals surface area contributed by atoms with Gasteiger partial charge in [-0.05, 0) is 25.5 Å². The molecule has 2 N–H and O–H groups in total. The molecule has 0 radical (unpaired) electrons. The zero-order valence-corrected chi connectivity index (χ0v) is 9.02. The van der Waals surface area contributed by atoms with E-state index in [4.69, 9.17) is 5.73 Å². The predicted molar refractivity (Wildman–Crippen MR) is 58.6 cm³/mol. The SMILES string of the molecule is CCn1cccc1C(=O)N1CC[C@@H](N)C1. The monoisotopic (exact) mass is 207 g/mol. The van der Waals surface area contributed by atoms with Gasteiger partial charge in [0.2, 0.25) is 0 Å². The highest BCUT2D eigenvalue weighted by molar-refractivity contribution is 5.93.